The second-order valence-corrected chi connectivity index (χ2v) is 7.28. The molecule has 0 aromatic heterocycles. The third-order valence-corrected chi connectivity index (χ3v) is 3.63. The molecule has 0 unspecified atom stereocenters. The van der Waals surface area contributed by atoms with Crippen molar-refractivity contribution in [1.29, 1.82) is 0 Å². The van der Waals surface area contributed by atoms with Crippen molar-refractivity contribution in [3.05, 3.63) is 52.0 Å². The van der Waals surface area contributed by atoms with Crippen LogP contribution < -0.4 is 5.32 Å². The number of ether oxygens (including phenoxy) is 1. The zero-order valence-electron chi connectivity index (χ0n) is 13.8. The number of hydrogen-bond acceptors (Lipinski definition) is 5. The van der Waals surface area contributed by atoms with Gasteiger partial charge in [0.1, 0.15) is 22.7 Å². The van der Waals surface area contributed by atoms with Gasteiger partial charge >= 0.3 is 5.97 Å². The van der Waals surface area contributed by atoms with Gasteiger partial charge in [-0.25, -0.2) is 4.79 Å². The molecule has 0 spiro atoms. The second-order valence-electron chi connectivity index (χ2n) is 6.36. The molecule has 5 nitrogen and oxygen atoms in total. The van der Waals surface area contributed by atoms with E-state index in [-0.39, 0.29) is 17.1 Å². The van der Waals surface area contributed by atoms with Crippen LogP contribution in [0.3, 0.4) is 0 Å². The average molecular weight is 394 g/mol. The maximum atomic E-state index is 12.0. The molecule has 0 aliphatic heterocycles. The van der Waals surface area contributed by atoms with E-state index in [0.29, 0.717) is 17.8 Å². The van der Waals surface area contributed by atoms with Crippen molar-refractivity contribution in [2.45, 2.75) is 32.9 Å². The fourth-order valence-electron chi connectivity index (χ4n) is 2.04. The molecule has 6 heteroatoms. The van der Waals surface area contributed by atoms with E-state index in [1.54, 1.807) is 45.0 Å². The van der Waals surface area contributed by atoms with Gasteiger partial charge in [0, 0.05) is 28.3 Å². The van der Waals surface area contributed by atoms with Crippen LogP contribution in [0.25, 0.3) is 0 Å². The third kappa shape index (κ3) is 4.89. The molecule has 0 radical (unpaired) electrons. The molecule has 3 N–H and O–H groups in total. The van der Waals surface area contributed by atoms with Gasteiger partial charge in [-0.1, -0.05) is 15.9 Å². The van der Waals surface area contributed by atoms with Gasteiger partial charge in [0.25, 0.3) is 0 Å². The summed E-state index contributed by atoms with van der Waals surface area (Å²) in [6.07, 6.45) is 0. The number of aromatic hydroxyl groups is 2. The lowest BCUT2D eigenvalue weighted by Gasteiger charge is -2.20. The van der Waals surface area contributed by atoms with Gasteiger partial charge in [0.15, 0.2) is 0 Å². The van der Waals surface area contributed by atoms with Gasteiger partial charge in [-0.2, -0.15) is 0 Å². The number of carbonyl (C=O) groups is 1. The molecular weight excluding hydrogens is 374 g/mol. The van der Waals surface area contributed by atoms with Gasteiger partial charge in [-0.05, 0) is 51.1 Å². The SMILES string of the molecule is CC(C)(C)OC(=O)c1ccc(NCc2cc(Br)ccc2O)cc1O. The molecule has 2 aromatic carbocycles. The third-order valence-electron chi connectivity index (χ3n) is 3.14. The fraction of sp³-hybridized carbons (Fsp3) is 0.278. The number of benzene rings is 2. The monoisotopic (exact) mass is 393 g/mol. The molecule has 0 saturated carbocycles. The number of phenolic OH excluding ortho intramolecular Hbond substituents is 2. The minimum Gasteiger partial charge on any atom is -0.508 e. The highest BCUT2D eigenvalue weighted by Gasteiger charge is 2.20. The predicted molar refractivity (Wildman–Crippen MR) is 96.4 cm³/mol. The fourth-order valence-corrected chi connectivity index (χ4v) is 2.45. The molecule has 24 heavy (non-hydrogen) atoms. The number of carbonyl (C=O) groups excluding carboxylic acids is 1. The number of nitrogens with one attached hydrogen (secondary N) is 1. The van der Waals surface area contributed by atoms with Gasteiger partial charge in [-0.3, -0.25) is 0 Å². The Morgan fingerprint density at radius 3 is 2.46 bits per heavy atom. The van der Waals surface area contributed by atoms with Crippen molar-refractivity contribution in [1.82, 2.24) is 0 Å². The number of rotatable bonds is 4. The van der Waals surface area contributed by atoms with E-state index in [2.05, 4.69) is 21.2 Å². The van der Waals surface area contributed by atoms with Crippen LogP contribution in [0.5, 0.6) is 11.5 Å². The van der Waals surface area contributed by atoms with Gasteiger partial charge in [0.05, 0.1) is 0 Å². The zero-order valence-corrected chi connectivity index (χ0v) is 15.3. The highest BCUT2D eigenvalue weighted by molar-refractivity contribution is 9.10. The molecule has 0 heterocycles. The Balaban J connectivity index is 2.09. The van der Waals surface area contributed by atoms with Crippen molar-refractivity contribution in [3.8, 4) is 11.5 Å². The Labute approximate surface area is 149 Å². The zero-order chi connectivity index (χ0) is 17.9. The number of hydrogen-bond donors (Lipinski definition) is 3. The maximum Gasteiger partial charge on any atom is 0.342 e. The van der Waals surface area contributed by atoms with E-state index in [0.717, 1.165) is 4.47 Å². The normalized spacial score (nSPS) is 11.2. The first-order chi connectivity index (χ1) is 11.2. The predicted octanol–water partition coefficient (Wildman–Crippen LogP) is 4.43. The van der Waals surface area contributed by atoms with E-state index in [9.17, 15) is 15.0 Å². The van der Waals surface area contributed by atoms with E-state index in [1.165, 1.54) is 12.1 Å². The van der Waals surface area contributed by atoms with Crippen molar-refractivity contribution >= 4 is 27.6 Å². The summed E-state index contributed by atoms with van der Waals surface area (Å²) >= 11 is 3.35. The lowest BCUT2D eigenvalue weighted by atomic mass is 10.1. The molecule has 2 aromatic rings. The first-order valence-corrected chi connectivity index (χ1v) is 8.22. The average Bonchev–Trinajstić information content (AvgIpc) is 2.46. The number of anilines is 1. The Kier molecular flexibility index (Phi) is 5.39. The molecule has 0 aliphatic carbocycles. The molecule has 0 bridgehead atoms. The summed E-state index contributed by atoms with van der Waals surface area (Å²) in [4.78, 5) is 12.0. The smallest absolute Gasteiger partial charge is 0.342 e. The molecule has 0 saturated heterocycles. The van der Waals surface area contributed by atoms with E-state index >= 15 is 0 Å². The number of esters is 1. The first-order valence-electron chi connectivity index (χ1n) is 7.43. The van der Waals surface area contributed by atoms with Crippen LogP contribution in [-0.2, 0) is 11.3 Å². The molecule has 0 amide bonds. The van der Waals surface area contributed by atoms with Crippen LogP contribution >= 0.6 is 15.9 Å². The van der Waals surface area contributed by atoms with Gasteiger partial charge in [0.2, 0.25) is 0 Å². The Hall–Kier alpha value is -2.21. The standard InChI is InChI=1S/C18H20BrNO4/c1-18(2,3)24-17(23)14-6-5-13(9-16(14)22)20-10-11-8-12(19)4-7-15(11)21/h4-9,20-22H,10H2,1-3H3. The largest absolute Gasteiger partial charge is 0.508 e. The lowest BCUT2D eigenvalue weighted by molar-refractivity contribution is 0.00669. The minimum absolute atomic E-state index is 0.112. The molecule has 128 valence electrons. The van der Waals surface area contributed by atoms with Crippen LogP contribution in [0.4, 0.5) is 5.69 Å². The van der Waals surface area contributed by atoms with E-state index in [4.69, 9.17) is 4.74 Å². The number of halogens is 1. The van der Waals surface area contributed by atoms with Crippen LogP contribution in [0, 0.1) is 0 Å². The summed E-state index contributed by atoms with van der Waals surface area (Å²) in [6, 6.07) is 9.79. The summed E-state index contributed by atoms with van der Waals surface area (Å²) in [5, 5.41) is 23.0. The molecular formula is C18H20BrNO4. The topological polar surface area (TPSA) is 78.8 Å². The summed E-state index contributed by atoms with van der Waals surface area (Å²) in [5.74, 6) is -0.552. The first kappa shape index (κ1) is 18.1. The highest BCUT2D eigenvalue weighted by Crippen LogP contribution is 2.26. The molecule has 0 atom stereocenters. The van der Waals surface area contributed by atoms with Crippen LogP contribution in [0.2, 0.25) is 0 Å². The summed E-state index contributed by atoms with van der Waals surface area (Å²) < 4.78 is 6.11. The Bertz CT molecular complexity index is 753. The van der Waals surface area contributed by atoms with Gasteiger partial charge in [-0.15, -0.1) is 0 Å². The van der Waals surface area contributed by atoms with E-state index < -0.39 is 11.6 Å². The lowest BCUT2D eigenvalue weighted by Crippen LogP contribution is -2.23. The maximum absolute atomic E-state index is 12.0. The van der Waals surface area contributed by atoms with E-state index in [1.807, 2.05) is 0 Å². The quantitative estimate of drug-likeness (QED) is 0.669. The highest BCUT2D eigenvalue weighted by atomic mass is 79.9. The summed E-state index contributed by atoms with van der Waals surface area (Å²) in [7, 11) is 0. The summed E-state index contributed by atoms with van der Waals surface area (Å²) in [6.45, 7) is 5.67. The van der Waals surface area contributed by atoms with Crippen molar-refractivity contribution in [3.63, 3.8) is 0 Å². The van der Waals surface area contributed by atoms with Crippen molar-refractivity contribution in [2.24, 2.45) is 0 Å². The van der Waals surface area contributed by atoms with Crippen LogP contribution in [0.1, 0.15) is 36.7 Å². The number of phenols is 2. The molecule has 0 aliphatic rings. The Morgan fingerprint density at radius 1 is 1.12 bits per heavy atom. The van der Waals surface area contributed by atoms with Crippen molar-refractivity contribution < 1.29 is 19.7 Å². The second kappa shape index (κ2) is 7.13. The Morgan fingerprint density at radius 2 is 1.83 bits per heavy atom. The minimum atomic E-state index is -0.626. The van der Waals surface area contributed by atoms with Crippen LogP contribution in [-0.4, -0.2) is 21.8 Å². The van der Waals surface area contributed by atoms with Crippen molar-refractivity contribution in [2.75, 3.05) is 5.32 Å². The summed E-state index contributed by atoms with van der Waals surface area (Å²) in [5.41, 5.74) is 0.818. The van der Waals surface area contributed by atoms with Crippen LogP contribution in [0.15, 0.2) is 40.9 Å². The van der Waals surface area contributed by atoms with Gasteiger partial charge < -0.3 is 20.3 Å². The molecule has 2 rings (SSSR count). The molecule has 0 fully saturated rings.